The molecule has 1 atom stereocenters. The highest BCUT2D eigenvalue weighted by atomic mass is 15.1. The minimum atomic E-state index is 0.446. The third kappa shape index (κ3) is 5.45. The molecular formula is C15H28N4. The number of nitrogens with one attached hydrogen (secondary N) is 2. The summed E-state index contributed by atoms with van der Waals surface area (Å²) < 4.78 is 0. The van der Waals surface area contributed by atoms with Gasteiger partial charge in [-0.25, -0.2) is 9.97 Å². The van der Waals surface area contributed by atoms with Crippen molar-refractivity contribution in [2.24, 2.45) is 5.92 Å². The first-order valence-electron chi connectivity index (χ1n) is 7.36. The minimum absolute atomic E-state index is 0.446. The summed E-state index contributed by atoms with van der Waals surface area (Å²) >= 11 is 0. The van der Waals surface area contributed by atoms with E-state index in [0.29, 0.717) is 6.04 Å². The molecule has 0 spiro atoms. The first-order chi connectivity index (χ1) is 9.04. The van der Waals surface area contributed by atoms with Gasteiger partial charge in [-0.15, -0.1) is 0 Å². The molecule has 0 bridgehead atoms. The zero-order chi connectivity index (χ0) is 14.3. The van der Waals surface area contributed by atoms with E-state index in [9.17, 15) is 0 Å². The van der Waals surface area contributed by atoms with Crippen molar-refractivity contribution < 1.29 is 0 Å². The number of anilines is 2. The normalized spacial score (nSPS) is 12.5. The quantitative estimate of drug-likeness (QED) is 0.749. The Labute approximate surface area is 117 Å². The van der Waals surface area contributed by atoms with Crippen LogP contribution in [0.5, 0.6) is 0 Å². The molecule has 0 fully saturated rings. The summed E-state index contributed by atoms with van der Waals surface area (Å²) in [5.41, 5.74) is 1.10. The monoisotopic (exact) mass is 264 g/mol. The fraction of sp³-hybridized carbons (Fsp3) is 0.733. The van der Waals surface area contributed by atoms with E-state index in [2.05, 4.69) is 55.2 Å². The Balaban J connectivity index is 2.54. The van der Waals surface area contributed by atoms with Gasteiger partial charge < -0.3 is 10.6 Å². The van der Waals surface area contributed by atoms with Crippen LogP contribution < -0.4 is 10.6 Å². The van der Waals surface area contributed by atoms with E-state index in [-0.39, 0.29) is 0 Å². The highest BCUT2D eigenvalue weighted by molar-refractivity contribution is 5.56. The Morgan fingerprint density at radius 3 is 2.42 bits per heavy atom. The summed E-state index contributed by atoms with van der Waals surface area (Å²) in [6.45, 7) is 11.8. The lowest BCUT2D eigenvalue weighted by atomic mass is 10.0. The standard InChI is InChI=1S/C15H28N4/c1-6-16-14-13(5)15(18-10-17-14)19-12(4)9-7-8-11(2)3/h10-12H,6-9H2,1-5H3,(H2,16,17,18,19). The molecule has 0 aliphatic heterocycles. The average Bonchev–Trinajstić information content (AvgIpc) is 2.34. The Kier molecular flexibility index (Phi) is 6.60. The molecule has 1 heterocycles. The highest BCUT2D eigenvalue weighted by Crippen LogP contribution is 2.20. The van der Waals surface area contributed by atoms with E-state index in [1.807, 2.05) is 0 Å². The van der Waals surface area contributed by atoms with Crippen LogP contribution in [0.1, 0.15) is 52.5 Å². The molecule has 0 aliphatic carbocycles. The fourth-order valence-corrected chi connectivity index (χ4v) is 2.08. The maximum Gasteiger partial charge on any atom is 0.134 e. The number of rotatable bonds is 8. The number of hydrogen-bond donors (Lipinski definition) is 2. The molecule has 1 rings (SSSR count). The van der Waals surface area contributed by atoms with E-state index >= 15 is 0 Å². The zero-order valence-corrected chi connectivity index (χ0v) is 13.0. The number of hydrogen-bond acceptors (Lipinski definition) is 4. The molecule has 4 nitrogen and oxygen atoms in total. The fourth-order valence-electron chi connectivity index (χ4n) is 2.08. The van der Waals surface area contributed by atoms with Gasteiger partial charge in [-0.3, -0.25) is 0 Å². The third-order valence-electron chi connectivity index (χ3n) is 3.23. The van der Waals surface area contributed by atoms with Crippen molar-refractivity contribution >= 4 is 11.6 Å². The van der Waals surface area contributed by atoms with Crippen LogP contribution in [0.4, 0.5) is 11.6 Å². The van der Waals surface area contributed by atoms with Crippen LogP contribution >= 0.6 is 0 Å². The van der Waals surface area contributed by atoms with Crippen molar-refractivity contribution in [1.29, 1.82) is 0 Å². The summed E-state index contributed by atoms with van der Waals surface area (Å²) in [4.78, 5) is 8.60. The molecule has 19 heavy (non-hydrogen) atoms. The van der Waals surface area contributed by atoms with Crippen LogP contribution in [0.15, 0.2) is 6.33 Å². The van der Waals surface area contributed by atoms with Gasteiger partial charge in [0.2, 0.25) is 0 Å². The second-order valence-corrected chi connectivity index (χ2v) is 5.60. The van der Waals surface area contributed by atoms with Gasteiger partial charge in [0.15, 0.2) is 0 Å². The van der Waals surface area contributed by atoms with Crippen molar-refractivity contribution in [3.8, 4) is 0 Å². The molecule has 1 aromatic rings. The Hall–Kier alpha value is -1.32. The predicted octanol–water partition coefficient (Wildman–Crippen LogP) is 3.84. The van der Waals surface area contributed by atoms with Crippen LogP contribution in [0.25, 0.3) is 0 Å². The van der Waals surface area contributed by atoms with Gasteiger partial charge in [-0.1, -0.05) is 26.7 Å². The van der Waals surface area contributed by atoms with E-state index in [0.717, 1.165) is 29.7 Å². The molecular weight excluding hydrogens is 236 g/mol. The summed E-state index contributed by atoms with van der Waals surface area (Å²) in [5.74, 6) is 2.66. The summed E-state index contributed by atoms with van der Waals surface area (Å²) in [6, 6.07) is 0.446. The SMILES string of the molecule is CCNc1ncnc(NC(C)CCCC(C)C)c1C. The van der Waals surface area contributed by atoms with E-state index in [4.69, 9.17) is 0 Å². The maximum absolute atomic E-state index is 4.34. The molecule has 4 heteroatoms. The lowest BCUT2D eigenvalue weighted by Crippen LogP contribution is -2.18. The summed E-state index contributed by atoms with van der Waals surface area (Å²) in [6.07, 6.45) is 5.35. The molecule has 0 aliphatic rings. The second-order valence-electron chi connectivity index (χ2n) is 5.60. The van der Waals surface area contributed by atoms with Gasteiger partial charge in [0, 0.05) is 18.2 Å². The van der Waals surface area contributed by atoms with Crippen LogP contribution in [-0.2, 0) is 0 Å². The molecule has 2 N–H and O–H groups in total. The molecule has 0 amide bonds. The van der Waals surface area contributed by atoms with Crippen LogP contribution in [0, 0.1) is 12.8 Å². The largest absolute Gasteiger partial charge is 0.370 e. The van der Waals surface area contributed by atoms with E-state index < -0.39 is 0 Å². The minimum Gasteiger partial charge on any atom is -0.370 e. The highest BCUT2D eigenvalue weighted by Gasteiger charge is 2.09. The maximum atomic E-state index is 4.34. The van der Waals surface area contributed by atoms with E-state index in [1.165, 1.54) is 19.3 Å². The van der Waals surface area contributed by atoms with Gasteiger partial charge in [0.05, 0.1) is 0 Å². The van der Waals surface area contributed by atoms with Crippen molar-refractivity contribution in [1.82, 2.24) is 9.97 Å². The molecule has 0 saturated heterocycles. The van der Waals surface area contributed by atoms with Gasteiger partial charge in [0.1, 0.15) is 18.0 Å². The summed E-state index contributed by atoms with van der Waals surface area (Å²) in [5, 5.41) is 6.75. The lowest BCUT2D eigenvalue weighted by Gasteiger charge is -2.17. The molecule has 108 valence electrons. The Bertz CT molecular complexity index is 376. The molecule has 0 saturated carbocycles. The molecule has 0 radical (unpaired) electrons. The zero-order valence-electron chi connectivity index (χ0n) is 13.0. The second kappa shape index (κ2) is 7.97. The van der Waals surface area contributed by atoms with Crippen molar-refractivity contribution in [3.63, 3.8) is 0 Å². The van der Waals surface area contributed by atoms with Gasteiger partial charge >= 0.3 is 0 Å². The first-order valence-corrected chi connectivity index (χ1v) is 7.36. The van der Waals surface area contributed by atoms with Crippen molar-refractivity contribution in [2.45, 2.75) is 59.9 Å². The number of aromatic nitrogens is 2. The average molecular weight is 264 g/mol. The molecule has 0 aromatic carbocycles. The number of nitrogens with zero attached hydrogens (tertiary/aromatic N) is 2. The van der Waals surface area contributed by atoms with Gasteiger partial charge in [0.25, 0.3) is 0 Å². The van der Waals surface area contributed by atoms with Crippen molar-refractivity contribution in [3.05, 3.63) is 11.9 Å². The smallest absolute Gasteiger partial charge is 0.134 e. The van der Waals surface area contributed by atoms with Crippen LogP contribution in [0.3, 0.4) is 0 Å². The van der Waals surface area contributed by atoms with Gasteiger partial charge in [-0.2, -0.15) is 0 Å². The first kappa shape index (κ1) is 15.7. The predicted molar refractivity (Wildman–Crippen MR) is 82.7 cm³/mol. The van der Waals surface area contributed by atoms with Crippen molar-refractivity contribution in [2.75, 3.05) is 17.2 Å². The van der Waals surface area contributed by atoms with Gasteiger partial charge in [-0.05, 0) is 33.1 Å². The molecule has 1 unspecified atom stereocenters. The van der Waals surface area contributed by atoms with E-state index in [1.54, 1.807) is 6.33 Å². The third-order valence-corrected chi connectivity index (χ3v) is 3.23. The Morgan fingerprint density at radius 1 is 1.11 bits per heavy atom. The Morgan fingerprint density at radius 2 is 1.79 bits per heavy atom. The van der Waals surface area contributed by atoms with Crippen LogP contribution in [-0.4, -0.2) is 22.6 Å². The summed E-state index contributed by atoms with van der Waals surface area (Å²) in [7, 11) is 0. The molecule has 1 aromatic heterocycles. The topological polar surface area (TPSA) is 49.8 Å². The lowest BCUT2D eigenvalue weighted by molar-refractivity contribution is 0.520. The van der Waals surface area contributed by atoms with Crippen LogP contribution in [0.2, 0.25) is 0 Å².